The number of hydrazine groups is 1. The van der Waals surface area contributed by atoms with Crippen LogP contribution < -0.4 is 11.3 Å². The molecule has 1 aromatic carbocycles. The van der Waals surface area contributed by atoms with E-state index in [0.717, 1.165) is 17.3 Å². The number of hydrogen-bond acceptors (Lipinski definition) is 2. The van der Waals surface area contributed by atoms with Crippen LogP contribution in [0.15, 0.2) is 28.7 Å². The Hall–Kier alpha value is -0.380. The van der Waals surface area contributed by atoms with E-state index in [0.29, 0.717) is 6.04 Å². The van der Waals surface area contributed by atoms with E-state index < -0.39 is 0 Å². The Bertz CT molecular complexity index is 328. The van der Waals surface area contributed by atoms with Gasteiger partial charge < -0.3 is 0 Å². The van der Waals surface area contributed by atoms with Crippen molar-refractivity contribution in [3.8, 4) is 0 Å². The molecule has 3 heteroatoms. The molecule has 0 radical (unpaired) electrons. The van der Waals surface area contributed by atoms with Gasteiger partial charge in [-0.15, -0.1) is 0 Å². The molecule has 0 aliphatic carbocycles. The van der Waals surface area contributed by atoms with E-state index in [9.17, 15) is 0 Å². The fraction of sp³-hybridized carbons (Fsp3) is 0.600. The number of hydrogen-bond donors (Lipinski definition) is 2. The smallest absolute Gasteiger partial charge is 0.0250 e. The van der Waals surface area contributed by atoms with Gasteiger partial charge in [-0.2, -0.15) is 0 Å². The monoisotopic (exact) mass is 312 g/mol. The molecule has 0 saturated carbocycles. The van der Waals surface area contributed by atoms with Gasteiger partial charge in [-0.05, 0) is 30.5 Å². The van der Waals surface area contributed by atoms with E-state index in [2.05, 4.69) is 52.5 Å². The largest absolute Gasteiger partial charge is 0.271 e. The minimum absolute atomic E-state index is 0.390. The maximum Gasteiger partial charge on any atom is 0.0250 e. The fourth-order valence-corrected chi connectivity index (χ4v) is 2.63. The first-order valence-electron chi connectivity index (χ1n) is 6.96. The van der Waals surface area contributed by atoms with Crippen LogP contribution in [0.25, 0.3) is 0 Å². The lowest BCUT2D eigenvalue weighted by Gasteiger charge is -2.16. The third-order valence-electron chi connectivity index (χ3n) is 3.26. The Morgan fingerprint density at radius 3 is 2.67 bits per heavy atom. The quantitative estimate of drug-likeness (QED) is 0.408. The predicted molar refractivity (Wildman–Crippen MR) is 82.3 cm³/mol. The summed E-state index contributed by atoms with van der Waals surface area (Å²) in [6, 6.07) is 8.85. The molecule has 102 valence electrons. The highest BCUT2D eigenvalue weighted by molar-refractivity contribution is 9.10. The van der Waals surface area contributed by atoms with Gasteiger partial charge in [0.15, 0.2) is 0 Å². The van der Waals surface area contributed by atoms with Crippen LogP contribution in [0.5, 0.6) is 0 Å². The van der Waals surface area contributed by atoms with Crippen molar-refractivity contribution in [2.24, 2.45) is 5.84 Å². The Kier molecular flexibility index (Phi) is 8.31. The minimum Gasteiger partial charge on any atom is -0.271 e. The Morgan fingerprint density at radius 2 is 2.00 bits per heavy atom. The Balaban J connectivity index is 2.28. The molecule has 0 fully saturated rings. The zero-order valence-corrected chi connectivity index (χ0v) is 12.9. The number of rotatable bonds is 9. The van der Waals surface area contributed by atoms with E-state index in [1.807, 2.05) is 0 Å². The molecule has 0 saturated heterocycles. The van der Waals surface area contributed by atoms with Crippen molar-refractivity contribution in [1.29, 1.82) is 0 Å². The second-order valence-corrected chi connectivity index (χ2v) is 5.82. The second-order valence-electron chi connectivity index (χ2n) is 4.90. The van der Waals surface area contributed by atoms with Crippen molar-refractivity contribution in [1.82, 2.24) is 5.43 Å². The fourth-order valence-electron chi connectivity index (χ4n) is 2.19. The van der Waals surface area contributed by atoms with E-state index in [1.54, 1.807) is 0 Å². The summed E-state index contributed by atoms with van der Waals surface area (Å²) >= 11 is 3.50. The minimum atomic E-state index is 0.390. The van der Waals surface area contributed by atoms with Crippen molar-refractivity contribution in [3.05, 3.63) is 34.3 Å². The molecule has 2 nitrogen and oxygen atoms in total. The van der Waals surface area contributed by atoms with E-state index in [1.165, 1.54) is 37.7 Å². The number of benzene rings is 1. The molecule has 0 heterocycles. The van der Waals surface area contributed by atoms with E-state index >= 15 is 0 Å². The first-order valence-corrected chi connectivity index (χ1v) is 7.76. The molecule has 0 aliphatic rings. The zero-order valence-electron chi connectivity index (χ0n) is 11.3. The molecule has 0 bridgehead atoms. The molecule has 1 rings (SSSR count). The summed E-state index contributed by atoms with van der Waals surface area (Å²) in [4.78, 5) is 0. The van der Waals surface area contributed by atoms with Gasteiger partial charge in [0.25, 0.3) is 0 Å². The van der Waals surface area contributed by atoms with Crippen LogP contribution in [0.3, 0.4) is 0 Å². The molecular weight excluding hydrogens is 288 g/mol. The second kappa shape index (κ2) is 9.54. The van der Waals surface area contributed by atoms with Gasteiger partial charge in [0.1, 0.15) is 0 Å². The lowest BCUT2D eigenvalue weighted by molar-refractivity contribution is 0.461. The van der Waals surface area contributed by atoms with Crippen LogP contribution in [-0.4, -0.2) is 6.04 Å². The van der Waals surface area contributed by atoms with Crippen molar-refractivity contribution in [2.75, 3.05) is 0 Å². The SMILES string of the molecule is CCCCCCCC(Cc1cccc(Br)c1)NN. The standard InChI is InChI=1S/C15H25BrN2/c1-2-3-4-5-6-10-15(18-17)12-13-8-7-9-14(16)11-13/h7-9,11,15,18H,2-6,10,12,17H2,1H3. The van der Waals surface area contributed by atoms with Gasteiger partial charge in [-0.1, -0.05) is 67.1 Å². The molecule has 18 heavy (non-hydrogen) atoms. The zero-order chi connectivity index (χ0) is 13.2. The molecule has 0 aliphatic heterocycles. The van der Waals surface area contributed by atoms with Crippen molar-refractivity contribution in [3.63, 3.8) is 0 Å². The Labute approximate surface area is 119 Å². The molecule has 3 N–H and O–H groups in total. The summed E-state index contributed by atoms with van der Waals surface area (Å²) in [5, 5.41) is 0. The average Bonchev–Trinajstić information content (AvgIpc) is 2.37. The van der Waals surface area contributed by atoms with Gasteiger partial charge >= 0.3 is 0 Å². The number of halogens is 1. The molecule has 1 atom stereocenters. The van der Waals surface area contributed by atoms with Gasteiger partial charge in [0, 0.05) is 10.5 Å². The van der Waals surface area contributed by atoms with Gasteiger partial charge in [-0.25, -0.2) is 0 Å². The topological polar surface area (TPSA) is 38.0 Å². The van der Waals surface area contributed by atoms with E-state index in [-0.39, 0.29) is 0 Å². The van der Waals surface area contributed by atoms with E-state index in [4.69, 9.17) is 5.84 Å². The normalized spacial score (nSPS) is 12.6. The molecule has 0 amide bonds. The molecular formula is C15H25BrN2. The maximum absolute atomic E-state index is 5.64. The predicted octanol–water partition coefficient (Wildman–Crippen LogP) is 4.18. The summed E-state index contributed by atoms with van der Waals surface area (Å²) < 4.78 is 1.14. The summed E-state index contributed by atoms with van der Waals surface area (Å²) in [6.45, 7) is 2.25. The van der Waals surface area contributed by atoms with Gasteiger partial charge in [0.05, 0.1) is 0 Å². The summed E-state index contributed by atoms with van der Waals surface area (Å²) in [5.41, 5.74) is 4.28. The molecule has 0 aromatic heterocycles. The van der Waals surface area contributed by atoms with Crippen LogP contribution in [0.2, 0.25) is 0 Å². The summed E-state index contributed by atoms with van der Waals surface area (Å²) in [6.07, 6.45) is 8.76. The van der Waals surface area contributed by atoms with Crippen LogP contribution in [0, 0.1) is 0 Å². The first-order chi connectivity index (χ1) is 8.76. The molecule has 0 spiro atoms. The van der Waals surface area contributed by atoms with Crippen molar-refractivity contribution >= 4 is 15.9 Å². The molecule has 1 unspecified atom stereocenters. The van der Waals surface area contributed by atoms with Crippen molar-refractivity contribution in [2.45, 2.75) is 57.9 Å². The van der Waals surface area contributed by atoms with Crippen molar-refractivity contribution < 1.29 is 0 Å². The van der Waals surface area contributed by atoms with Crippen LogP contribution >= 0.6 is 15.9 Å². The highest BCUT2D eigenvalue weighted by Crippen LogP contribution is 2.15. The lowest BCUT2D eigenvalue weighted by atomic mass is 10.0. The summed E-state index contributed by atoms with van der Waals surface area (Å²) in [5.74, 6) is 5.64. The number of nitrogens with one attached hydrogen (secondary N) is 1. The third kappa shape index (κ3) is 6.53. The highest BCUT2D eigenvalue weighted by atomic mass is 79.9. The highest BCUT2D eigenvalue weighted by Gasteiger charge is 2.07. The number of nitrogens with two attached hydrogens (primary N) is 1. The number of unbranched alkanes of at least 4 members (excludes halogenated alkanes) is 4. The van der Waals surface area contributed by atoms with Crippen LogP contribution in [0.1, 0.15) is 51.0 Å². The Morgan fingerprint density at radius 1 is 1.22 bits per heavy atom. The summed E-state index contributed by atoms with van der Waals surface area (Å²) in [7, 11) is 0. The average molecular weight is 313 g/mol. The van der Waals surface area contributed by atoms with Crippen LogP contribution in [-0.2, 0) is 6.42 Å². The van der Waals surface area contributed by atoms with Gasteiger partial charge in [0.2, 0.25) is 0 Å². The maximum atomic E-state index is 5.64. The lowest BCUT2D eigenvalue weighted by Crippen LogP contribution is -2.36. The van der Waals surface area contributed by atoms with Gasteiger partial charge in [-0.3, -0.25) is 11.3 Å². The van der Waals surface area contributed by atoms with Crippen LogP contribution in [0.4, 0.5) is 0 Å². The third-order valence-corrected chi connectivity index (χ3v) is 3.76. The first kappa shape index (κ1) is 15.7. The molecule has 1 aromatic rings.